The lowest BCUT2D eigenvalue weighted by atomic mass is 10.0. The molecule has 2 aromatic rings. The van der Waals surface area contributed by atoms with Crippen LogP contribution in [0.15, 0.2) is 35.7 Å². The van der Waals surface area contributed by atoms with Gasteiger partial charge in [-0.15, -0.1) is 11.3 Å². The predicted octanol–water partition coefficient (Wildman–Crippen LogP) is 4.79. The highest BCUT2D eigenvalue weighted by Gasteiger charge is 2.29. The van der Waals surface area contributed by atoms with Gasteiger partial charge in [-0.3, -0.25) is 4.79 Å². The lowest BCUT2D eigenvalue weighted by Crippen LogP contribution is -2.47. The number of anilines is 1. The topological polar surface area (TPSA) is 47.3 Å². The second kappa shape index (κ2) is 8.57. The van der Waals surface area contributed by atoms with Gasteiger partial charge in [-0.25, -0.2) is 0 Å². The third-order valence-corrected chi connectivity index (χ3v) is 5.88. The molecule has 0 spiro atoms. The molecule has 1 saturated heterocycles. The number of piperidine rings is 1. The number of hydrogen-bond donors (Lipinski definition) is 0. The lowest BCUT2D eigenvalue weighted by Gasteiger charge is -2.39. The molecule has 0 bridgehead atoms. The molecule has 1 aromatic heterocycles. The summed E-state index contributed by atoms with van der Waals surface area (Å²) in [6.45, 7) is 4.56. The summed E-state index contributed by atoms with van der Waals surface area (Å²) in [7, 11) is 0. The van der Waals surface area contributed by atoms with E-state index in [9.17, 15) is 10.1 Å². The van der Waals surface area contributed by atoms with Crippen molar-refractivity contribution in [2.75, 3.05) is 24.5 Å². The van der Waals surface area contributed by atoms with Gasteiger partial charge in [0.25, 0.3) is 5.91 Å². The van der Waals surface area contributed by atoms with Crippen molar-refractivity contribution in [2.45, 2.75) is 32.2 Å². The molecule has 6 heteroatoms. The summed E-state index contributed by atoms with van der Waals surface area (Å²) in [4.78, 5) is 17.9. The second-order valence-electron chi connectivity index (χ2n) is 6.47. The Balaban J connectivity index is 1.70. The predicted molar refractivity (Wildman–Crippen MR) is 107 cm³/mol. The van der Waals surface area contributed by atoms with Gasteiger partial charge in [0.2, 0.25) is 0 Å². The first kappa shape index (κ1) is 18.8. The highest BCUT2D eigenvalue weighted by molar-refractivity contribution is 7.12. The lowest BCUT2D eigenvalue weighted by molar-refractivity contribution is 0.0655. The molecule has 1 aromatic carbocycles. The quantitative estimate of drug-likeness (QED) is 0.740. The summed E-state index contributed by atoms with van der Waals surface area (Å²) in [5, 5.41) is 11.9. The van der Waals surface area contributed by atoms with Crippen molar-refractivity contribution >= 4 is 34.5 Å². The highest BCUT2D eigenvalue weighted by Crippen LogP contribution is 2.28. The normalized spacial score (nSPS) is 14.9. The molecule has 0 aliphatic carbocycles. The van der Waals surface area contributed by atoms with E-state index in [0.717, 1.165) is 49.5 Å². The Kier molecular flexibility index (Phi) is 6.18. The zero-order valence-electron chi connectivity index (χ0n) is 14.8. The summed E-state index contributed by atoms with van der Waals surface area (Å²) in [5.41, 5.74) is 1.54. The minimum atomic E-state index is 0.143. The summed E-state index contributed by atoms with van der Waals surface area (Å²) in [6, 6.07) is 11.8. The molecule has 0 radical (unpaired) electrons. The molecule has 3 rings (SSSR count). The fraction of sp³-hybridized carbons (Fsp3) is 0.400. The van der Waals surface area contributed by atoms with Gasteiger partial charge in [-0.05, 0) is 48.9 Å². The SMILES string of the molecule is CCCN(C(=O)c1cccs1)C1CCN(c2ccc(Cl)cc2C#N)CC1. The van der Waals surface area contributed by atoms with E-state index in [1.807, 2.05) is 34.5 Å². The van der Waals surface area contributed by atoms with Gasteiger partial charge in [-0.2, -0.15) is 5.26 Å². The maximum absolute atomic E-state index is 12.8. The summed E-state index contributed by atoms with van der Waals surface area (Å²) in [6.07, 6.45) is 2.77. The van der Waals surface area contributed by atoms with Crippen LogP contribution in [0.1, 0.15) is 41.4 Å². The van der Waals surface area contributed by atoms with Crippen molar-refractivity contribution in [1.82, 2.24) is 4.90 Å². The Morgan fingerprint density at radius 2 is 2.15 bits per heavy atom. The minimum absolute atomic E-state index is 0.143. The Morgan fingerprint density at radius 3 is 2.77 bits per heavy atom. The molecule has 0 atom stereocenters. The van der Waals surface area contributed by atoms with Crippen LogP contribution < -0.4 is 4.90 Å². The van der Waals surface area contributed by atoms with Crippen LogP contribution in [-0.4, -0.2) is 36.5 Å². The van der Waals surface area contributed by atoms with Gasteiger partial charge in [0.1, 0.15) is 6.07 Å². The van der Waals surface area contributed by atoms with Crippen LogP contribution >= 0.6 is 22.9 Å². The van der Waals surface area contributed by atoms with Crippen molar-refractivity contribution in [1.29, 1.82) is 5.26 Å². The molecule has 1 amide bonds. The van der Waals surface area contributed by atoms with Crippen molar-refractivity contribution < 1.29 is 4.79 Å². The van der Waals surface area contributed by atoms with E-state index in [1.165, 1.54) is 11.3 Å². The average molecular weight is 388 g/mol. The van der Waals surface area contributed by atoms with Crippen LogP contribution in [0.25, 0.3) is 0 Å². The van der Waals surface area contributed by atoms with E-state index >= 15 is 0 Å². The molecular formula is C20H22ClN3OS. The molecule has 1 aliphatic rings. The fourth-order valence-electron chi connectivity index (χ4n) is 3.52. The Bertz CT molecular complexity index is 792. The van der Waals surface area contributed by atoms with Gasteiger partial charge in [0.05, 0.1) is 16.1 Å². The average Bonchev–Trinajstić information content (AvgIpc) is 3.20. The van der Waals surface area contributed by atoms with Crippen LogP contribution in [0.2, 0.25) is 5.02 Å². The Morgan fingerprint density at radius 1 is 1.38 bits per heavy atom. The first-order valence-electron chi connectivity index (χ1n) is 8.93. The summed E-state index contributed by atoms with van der Waals surface area (Å²) < 4.78 is 0. The first-order valence-corrected chi connectivity index (χ1v) is 10.2. The number of thiophene rings is 1. The number of nitrogens with zero attached hydrogens (tertiary/aromatic N) is 3. The van der Waals surface area contributed by atoms with Crippen molar-refractivity contribution in [3.63, 3.8) is 0 Å². The number of rotatable bonds is 5. The smallest absolute Gasteiger partial charge is 0.264 e. The Hall–Kier alpha value is -2.03. The molecule has 26 heavy (non-hydrogen) atoms. The molecule has 4 nitrogen and oxygen atoms in total. The number of amides is 1. The molecule has 0 unspecified atom stereocenters. The molecule has 136 valence electrons. The molecule has 2 heterocycles. The van der Waals surface area contributed by atoms with E-state index in [2.05, 4.69) is 17.9 Å². The van der Waals surface area contributed by atoms with Crippen LogP contribution in [0, 0.1) is 11.3 Å². The van der Waals surface area contributed by atoms with Gasteiger partial charge < -0.3 is 9.80 Å². The Labute approximate surface area is 163 Å². The van der Waals surface area contributed by atoms with Gasteiger partial charge in [0, 0.05) is 30.7 Å². The van der Waals surface area contributed by atoms with Crippen molar-refractivity contribution in [3.05, 3.63) is 51.2 Å². The van der Waals surface area contributed by atoms with Crippen LogP contribution in [0.3, 0.4) is 0 Å². The zero-order valence-corrected chi connectivity index (χ0v) is 16.4. The standard InChI is InChI=1S/C20H22ClN3OS/c1-2-9-24(20(25)19-4-3-12-26-19)17-7-10-23(11-8-17)18-6-5-16(21)13-15(18)14-22/h3-6,12-13,17H,2,7-11H2,1H3. The monoisotopic (exact) mass is 387 g/mol. The van der Waals surface area contributed by atoms with Crippen LogP contribution in [-0.2, 0) is 0 Å². The van der Waals surface area contributed by atoms with E-state index in [4.69, 9.17) is 11.6 Å². The van der Waals surface area contributed by atoms with Crippen molar-refractivity contribution in [2.24, 2.45) is 0 Å². The summed E-state index contributed by atoms with van der Waals surface area (Å²) in [5.74, 6) is 0.143. The number of benzene rings is 1. The molecule has 1 fully saturated rings. The number of hydrogen-bond acceptors (Lipinski definition) is 4. The van der Waals surface area contributed by atoms with E-state index in [0.29, 0.717) is 10.6 Å². The van der Waals surface area contributed by atoms with Gasteiger partial charge in [0.15, 0.2) is 0 Å². The van der Waals surface area contributed by atoms with Crippen LogP contribution in [0.5, 0.6) is 0 Å². The number of carbonyl (C=O) groups excluding carboxylic acids is 1. The molecule has 0 N–H and O–H groups in total. The van der Waals surface area contributed by atoms with E-state index in [-0.39, 0.29) is 11.9 Å². The third kappa shape index (κ3) is 4.03. The molecule has 0 saturated carbocycles. The van der Waals surface area contributed by atoms with E-state index < -0.39 is 0 Å². The van der Waals surface area contributed by atoms with Gasteiger partial charge >= 0.3 is 0 Å². The maximum atomic E-state index is 12.8. The number of nitriles is 1. The number of carbonyl (C=O) groups is 1. The largest absolute Gasteiger partial charge is 0.370 e. The fourth-order valence-corrected chi connectivity index (χ4v) is 4.38. The molecular weight excluding hydrogens is 366 g/mol. The number of halogens is 1. The van der Waals surface area contributed by atoms with Crippen LogP contribution in [0.4, 0.5) is 5.69 Å². The van der Waals surface area contributed by atoms with Gasteiger partial charge in [-0.1, -0.05) is 24.6 Å². The zero-order chi connectivity index (χ0) is 18.5. The highest BCUT2D eigenvalue weighted by atomic mass is 35.5. The third-order valence-electron chi connectivity index (χ3n) is 4.78. The minimum Gasteiger partial charge on any atom is -0.370 e. The first-order chi connectivity index (χ1) is 12.6. The van der Waals surface area contributed by atoms with Crippen molar-refractivity contribution in [3.8, 4) is 6.07 Å². The molecule has 1 aliphatic heterocycles. The summed E-state index contributed by atoms with van der Waals surface area (Å²) >= 11 is 7.51. The van der Waals surface area contributed by atoms with E-state index in [1.54, 1.807) is 6.07 Å². The second-order valence-corrected chi connectivity index (χ2v) is 7.85. The maximum Gasteiger partial charge on any atom is 0.264 e.